The second kappa shape index (κ2) is 14.9. The van der Waals surface area contributed by atoms with Crippen molar-refractivity contribution in [1.29, 1.82) is 0 Å². The molecule has 4 fully saturated rings. The maximum Gasteiger partial charge on any atom is 0.251 e. The van der Waals surface area contributed by atoms with Crippen LogP contribution in [0.5, 0.6) is 0 Å². The Morgan fingerprint density at radius 2 is 2.00 bits per heavy atom. The Morgan fingerprint density at radius 1 is 1.10 bits per heavy atom. The molecule has 224 valence electrons. The van der Waals surface area contributed by atoms with E-state index in [1.165, 1.54) is 0 Å². The third-order valence-electron chi connectivity index (χ3n) is 9.20. The molecule has 0 spiro atoms. The van der Waals surface area contributed by atoms with Crippen molar-refractivity contribution in [3.63, 3.8) is 0 Å². The van der Waals surface area contributed by atoms with Crippen LogP contribution in [0, 0.1) is 11.8 Å². The van der Waals surface area contributed by atoms with Crippen LogP contribution in [-0.4, -0.2) is 99.0 Å². The number of carbonyl (C=O) groups is 1. The number of anilines is 1. The van der Waals surface area contributed by atoms with Crippen molar-refractivity contribution in [1.82, 2.24) is 37.0 Å². The van der Waals surface area contributed by atoms with Crippen LogP contribution >= 0.6 is 0 Å². The van der Waals surface area contributed by atoms with Crippen LogP contribution in [0.15, 0.2) is 24.3 Å². The first-order valence-electron chi connectivity index (χ1n) is 15.5. The minimum Gasteiger partial charge on any atom is -0.390 e. The molecule has 3 heterocycles. The summed E-state index contributed by atoms with van der Waals surface area (Å²) in [6.45, 7) is 8.82. The first-order valence-corrected chi connectivity index (χ1v) is 15.5. The fraction of sp³-hybridized carbons (Fsp3) is 0.759. The predicted molar refractivity (Wildman–Crippen MR) is 157 cm³/mol. The lowest BCUT2D eigenvalue weighted by atomic mass is 9.84. The highest BCUT2D eigenvalue weighted by Crippen LogP contribution is 2.23. The molecule has 11 nitrogen and oxygen atoms in total. The number of hydrogen-bond acceptors (Lipinski definition) is 10. The Balaban J connectivity index is 1.15. The van der Waals surface area contributed by atoms with Gasteiger partial charge in [0.2, 0.25) is 0 Å². The summed E-state index contributed by atoms with van der Waals surface area (Å²) in [5, 5.41) is 27.3. The number of carbonyl (C=O) groups excluding carboxylic acids is 1. The van der Waals surface area contributed by atoms with Gasteiger partial charge in [-0.2, -0.15) is 0 Å². The number of aliphatic hydroxyl groups is 1. The summed E-state index contributed by atoms with van der Waals surface area (Å²) in [7, 11) is 0. The van der Waals surface area contributed by atoms with Gasteiger partial charge in [0.25, 0.3) is 5.91 Å². The predicted octanol–water partition coefficient (Wildman–Crippen LogP) is 0.365. The molecule has 1 amide bonds. The molecule has 0 aromatic heterocycles. The quantitative estimate of drug-likeness (QED) is 0.182. The molecule has 8 N–H and O–H groups in total. The number of ether oxygens (including phenoxy) is 1. The molecular formula is C29H50N8O3. The van der Waals surface area contributed by atoms with Gasteiger partial charge in [-0.05, 0) is 81.8 Å². The smallest absolute Gasteiger partial charge is 0.251 e. The number of amides is 1. The Hall–Kier alpha value is -1.83. The molecule has 1 aliphatic carbocycles. The van der Waals surface area contributed by atoms with Gasteiger partial charge < -0.3 is 31.1 Å². The molecule has 11 heteroatoms. The maximum atomic E-state index is 13.0. The van der Waals surface area contributed by atoms with Gasteiger partial charge >= 0.3 is 0 Å². The van der Waals surface area contributed by atoms with Crippen molar-refractivity contribution >= 4 is 11.6 Å². The molecule has 5 rings (SSSR count). The average Bonchev–Trinajstić information content (AvgIpc) is 3.61. The summed E-state index contributed by atoms with van der Waals surface area (Å²) in [4.78, 5) is 15.4. The number of rotatable bonds is 12. The molecule has 7 unspecified atom stereocenters. The van der Waals surface area contributed by atoms with Crippen molar-refractivity contribution in [3.8, 4) is 0 Å². The summed E-state index contributed by atoms with van der Waals surface area (Å²) >= 11 is 0. The summed E-state index contributed by atoms with van der Waals surface area (Å²) in [6, 6.07) is 8.10. The zero-order chi connectivity index (χ0) is 27.7. The lowest BCUT2D eigenvalue weighted by Gasteiger charge is -2.36. The van der Waals surface area contributed by atoms with Gasteiger partial charge in [-0.25, -0.2) is 10.9 Å². The van der Waals surface area contributed by atoms with E-state index < -0.39 is 0 Å². The van der Waals surface area contributed by atoms with Crippen LogP contribution in [0.1, 0.15) is 55.8 Å². The van der Waals surface area contributed by atoms with Gasteiger partial charge in [-0.1, -0.05) is 19.4 Å². The highest BCUT2D eigenvalue weighted by atomic mass is 16.5. The van der Waals surface area contributed by atoms with Crippen LogP contribution < -0.4 is 37.4 Å². The molecule has 7 atom stereocenters. The second-order valence-electron chi connectivity index (χ2n) is 11.8. The van der Waals surface area contributed by atoms with Crippen molar-refractivity contribution in [2.24, 2.45) is 11.8 Å². The van der Waals surface area contributed by atoms with E-state index in [9.17, 15) is 9.90 Å². The van der Waals surface area contributed by atoms with E-state index >= 15 is 0 Å². The van der Waals surface area contributed by atoms with E-state index in [0.29, 0.717) is 36.6 Å². The normalized spacial score (nSPS) is 33.2. The lowest BCUT2D eigenvalue weighted by molar-refractivity contribution is -0.0308. The number of hydrazine groups is 1. The van der Waals surface area contributed by atoms with Crippen molar-refractivity contribution in [3.05, 3.63) is 29.8 Å². The number of piperidine rings is 1. The fourth-order valence-electron chi connectivity index (χ4n) is 6.70. The van der Waals surface area contributed by atoms with Crippen LogP contribution in [-0.2, 0) is 4.74 Å². The Morgan fingerprint density at radius 3 is 2.80 bits per heavy atom. The van der Waals surface area contributed by atoms with Gasteiger partial charge in [0, 0.05) is 43.6 Å². The Bertz CT molecular complexity index is 932. The highest BCUT2D eigenvalue weighted by Gasteiger charge is 2.38. The third kappa shape index (κ3) is 7.71. The van der Waals surface area contributed by atoms with Gasteiger partial charge in [-0.15, -0.1) is 0 Å². The summed E-state index contributed by atoms with van der Waals surface area (Å²) in [5.41, 5.74) is 8.60. The van der Waals surface area contributed by atoms with Crippen LogP contribution in [0.4, 0.5) is 5.69 Å². The number of hydrogen-bond donors (Lipinski definition) is 8. The summed E-state index contributed by atoms with van der Waals surface area (Å²) in [6.07, 6.45) is 5.86. The van der Waals surface area contributed by atoms with Gasteiger partial charge in [0.15, 0.2) is 0 Å². The zero-order valence-electron chi connectivity index (χ0n) is 24.0. The monoisotopic (exact) mass is 558 g/mol. The maximum absolute atomic E-state index is 13.0. The van der Waals surface area contributed by atoms with E-state index in [0.717, 1.165) is 83.6 Å². The van der Waals surface area contributed by atoms with Gasteiger partial charge in [-0.3, -0.25) is 15.0 Å². The standard InChI is InChI=1S/C29H50N8O3/c1-2-20-16-30-11-9-22(20)17-33-29(39)21-5-3-6-23(15-21)32-18-27-35-36-28(24-10-12-31-19-34-24)37(27)13-14-40-26-8-4-7-25(26)38/h3,5-6,15,20,22,24-28,30-32,34-36,38H,2,4,7-14,16-19H2,1H3,(H,33,39). The van der Waals surface area contributed by atoms with Crippen molar-refractivity contribution in [2.75, 3.05) is 57.9 Å². The van der Waals surface area contributed by atoms with Gasteiger partial charge in [0.05, 0.1) is 31.1 Å². The molecule has 1 saturated carbocycles. The minimum absolute atomic E-state index is 0.0115. The molecule has 0 bridgehead atoms. The van der Waals surface area contributed by atoms with E-state index in [1.807, 2.05) is 24.3 Å². The summed E-state index contributed by atoms with van der Waals surface area (Å²) in [5.74, 6) is 1.14. The molecule has 4 aliphatic rings. The molecular weight excluding hydrogens is 508 g/mol. The van der Waals surface area contributed by atoms with E-state index in [1.54, 1.807) is 0 Å². The van der Waals surface area contributed by atoms with Crippen LogP contribution in [0.3, 0.4) is 0 Å². The Kier molecular flexibility index (Phi) is 11.0. The number of nitrogens with zero attached hydrogens (tertiary/aromatic N) is 1. The van der Waals surface area contributed by atoms with E-state index in [-0.39, 0.29) is 30.4 Å². The summed E-state index contributed by atoms with van der Waals surface area (Å²) < 4.78 is 6.10. The highest BCUT2D eigenvalue weighted by molar-refractivity contribution is 5.95. The van der Waals surface area contributed by atoms with E-state index in [4.69, 9.17) is 4.74 Å². The topological polar surface area (TPSA) is 134 Å². The van der Waals surface area contributed by atoms with E-state index in [2.05, 4.69) is 49.3 Å². The molecule has 3 aliphatic heterocycles. The Labute approximate surface area is 238 Å². The number of aliphatic hydroxyl groups excluding tert-OH is 1. The van der Waals surface area contributed by atoms with Crippen LogP contribution in [0.2, 0.25) is 0 Å². The minimum atomic E-state index is -0.341. The lowest BCUT2D eigenvalue weighted by Crippen LogP contribution is -2.59. The second-order valence-corrected chi connectivity index (χ2v) is 11.8. The van der Waals surface area contributed by atoms with Gasteiger partial charge in [0.1, 0.15) is 0 Å². The fourth-order valence-corrected chi connectivity index (χ4v) is 6.70. The molecule has 40 heavy (non-hydrogen) atoms. The van der Waals surface area contributed by atoms with Crippen molar-refractivity contribution < 1.29 is 14.6 Å². The number of benzene rings is 1. The number of nitrogens with one attached hydrogen (secondary N) is 7. The first-order chi connectivity index (χ1) is 19.6. The van der Waals surface area contributed by atoms with Crippen LogP contribution in [0.25, 0.3) is 0 Å². The van der Waals surface area contributed by atoms with Crippen molar-refractivity contribution in [2.45, 2.75) is 76.0 Å². The largest absolute Gasteiger partial charge is 0.390 e. The SMILES string of the molecule is CCC1CNCCC1CNC(=O)c1cccc(NCC2NNC(C3CCNCN3)N2CCOC2CCCC2O)c1. The third-order valence-corrected chi connectivity index (χ3v) is 9.20. The first kappa shape index (κ1) is 29.7. The molecule has 1 aromatic carbocycles. The zero-order valence-corrected chi connectivity index (χ0v) is 24.0. The molecule has 0 radical (unpaired) electrons. The molecule has 3 saturated heterocycles. The molecule has 1 aromatic rings. The average molecular weight is 559 g/mol.